The van der Waals surface area contributed by atoms with Crippen LogP contribution in [0.4, 0.5) is 5.69 Å². The first kappa shape index (κ1) is 26.6. The molecule has 1 heterocycles. The highest BCUT2D eigenvalue weighted by atomic mass is 79.9. The molecule has 0 spiro atoms. The summed E-state index contributed by atoms with van der Waals surface area (Å²) in [4.78, 5) is 21.5. The molecule has 3 aromatic carbocycles. The molecule has 0 unspecified atom stereocenters. The number of non-ortho nitro benzene ring substituents is 1. The minimum absolute atomic E-state index is 0.00528. The van der Waals surface area contributed by atoms with Gasteiger partial charge in [-0.3, -0.25) is 24.8 Å². The van der Waals surface area contributed by atoms with Crippen molar-refractivity contribution < 1.29 is 14.6 Å². The maximum atomic E-state index is 11.5. The fraction of sp³-hybridized carbons (Fsp3) is 0.167. The van der Waals surface area contributed by atoms with Gasteiger partial charge in [-0.1, -0.05) is 29.4 Å². The fourth-order valence-electron chi connectivity index (χ4n) is 3.49. The standard InChI is InChI=1S/C24H19BrClN5O5S/c1-15-27-28-24(30(15)19-9-5-18(26)6-10-19)37-23(13-29(32)33)17-4-11-22(21(25)12-17)36-14-16-2-7-20(8-3-16)31(34)35/h2-12,23H,13-14H2,1H3/t23-/m1/s1. The van der Waals surface area contributed by atoms with Crippen LogP contribution in [0.25, 0.3) is 5.69 Å². The van der Waals surface area contributed by atoms with Gasteiger partial charge in [0.1, 0.15) is 23.4 Å². The highest BCUT2D eigenvalue weighted by molar-refractivity contribution is 9.10. The molecule has 0 bridgehead atoms. The molecular formula is C24H19BrClN5O5S. The molecule has 10 nitrogen and oxygen atoms in total. The number of benzene rings is 3. The summed E-state index contributed by atoms with van der Waals surface area (Å²) >= 11 is 10.8. The molecule has 13 heteroatoms. The molecule has 1 atom stereocenters. The van der Waals surface area contributed by atoms with E-state index in [2.05, 4.69) is 26.1 Å². The Bertz CT molecular complexity index is 1430. The van der Waals surface area contributed by atoms with E-state index in [-0.39, 0.29) is 23.8 Å². The topological polar surface area (TPSA) is 126 Å². The second-order valence-electron chi connectivity index (χ2n) is 7.87. The van der Waals surface area contributed by atoms with E-state index in [1.165, 1.54) is 23.9 Å². The first-order chi connectivity index (χ1) is 17.7. The minimum Gasteiger partial charge on any atom is -0.488 e. The van der Waals surface area contributed by atoms with Gasteiger partial charge in [-0.15, -0.1) is 10.2 Å². The van der Waals surface area contributed by atoms with Gasteiger partial charge >= 0.3 is 0 Å². The summed E-state index contributed by atoms with van der Waals surface area (Å²) < 4.78 is 8.30. The maximum Gasteiger partial charge on any atom is 0.269 e. The Kier molecular flexibility index (Phi) is 8.41. The van der Waals surface area contributed by atoms with E-state index < -0.39 is 10.2 Å². The van der Waals surface area contributed by atoms with E-state index in [1.807, 2.05) is 23.6 Å². The summed E-state index contributed by atoms with van der Waals surface area (Å²) in [6.45, 7) is 1.68. The number of nitro groups is 2. The second-order valence-corrected chi connectivity index (χ2v) is 10.3. The molecule has 0 radical (unpaired) electrons. The van der Waals surface area contributed by atoms with Crippen molar-refractivity contribution in [3.05, 3.63) is 113 Å². The zero-order valence-corrected chi connectivity index (χ0v) is 22.4. The average Bonchev–Trinajstić information content (AvgIpc) is 3.23. The van der Waals surface area contributed by atoms with Crippen LogP contribution in [0.2, 0.25) is 5.02 Å². The average molecular weight is 605 g/mol. The van der Waals surface area contributed by atoms with Crippen molar-refractivity contribution in [1.82, 2.24) is 14.8 Å². The van der Waals surface area contributed by atoms with Crippen molar-refractivity contribution >= 4 is 45.0 Å². The summed E-state index contributed by atoms with van der Waals surface area (Å²) in [5.41, 5.74) is 2.27. The largest absolute Gasteiger partial charge is 0.488 e. The Balaban J connectivity index is 1.54. The molecule has 190 valence electrons. The normalized spacial score (nSPS) is 11.8. The number of nitro benzene ring substituents is 1. The molecule has 0 aliphatic heterocycles. The van der Waals surface area contributed by atoms with Gasteiger partial charge in [0.05, 0.1) is 9.40 Å². The number of halogens is 2. The highest BCUT2D eigenvalue weighted by Crippen LogP contribution is 2.39. The van der Waals surface area contributed by atoms with Crippen molar-refractivity contribution in [3.63, 3.8) is 0 Å². The molecule has 37 heavy (non-hydrogen) atoms. The number of aryl methyl sites for hydroxylation is 1. The summed E-state index contributed by atoms with van der Waals surface area (Å²) in [7, 11) is 0. The minimum atomic E-state index is -0.551. The van der Waals surface area contributed by atoms with E-state index in [1.54, 1.807) is 42.5 Å². The first-order valence-electron chi connectivity index (χ1n) is 10.8. The maximum absolute atomic E-state index is 11.5. The van der Waals surface area contributed by atoms with Crippen molar-refractivity contribution in [3.8, 4) is 11.4 Å². The van der Waals surface area contributed by atoms with Gasteiger partial charge in [-0.25, -0.2) is 0 Å². The molecule has 4 aromatic rings. The lowest BCUT2D eigenvalue weighted by atomic mass is 10.1. The monoisotopic (exact) mass is 603 g/mol. The molecule has 4 rings (SSSR count). The van der Waals surface area contributed by atoms with Crippen LogP contribution in [0.15, 0.2) is 76.4 Å². The van der Waals surface area contributed by atoms with Gasteiger partial charge in [0, 0.05) is 27.8 Å². The number of thioether (sulfide) groups is 1. The second kappa shape index (κ2) is 11.7. The van der Waals surface area contributed by atoms with Gasteiger partial charge in [-0.05, 0) is 82.5 Å². The summed E-state index contributed by atoms with van der Waals surface area (Å²) in [5, 5.41) is 31.3. The third-order valence-corrected chi connectivity index (χ3v) is 7.36. The molecular weight excluding hydrogens is 586 g/mol. The SMILES string of the molecule is Cc1nnc(S[C@H](C[N+](=O)[O-])c2ccc(OCc3ccc([N+](=O)[O-])cc3)c(Br)c2)n1-c1ccc(Cl)cc1. The Hall–Kier alpha value is -3.48. The van der Waals surface area contributed by atoms with E-state index in [0.717, 1.165) is 11.3 Å². The molecule has 0 amide bonds. The lowest BCUT2D eigenvalue weighted by Crippen LogP contribution is -2.11. The van der Waals surface area contributed by atoms with Crippen LogP contribution in [-0.4, -0.2) is 31.2 Å². The predicted molar refractivity (Wildman–Crippen MR) is 143 cm³/mol. The summed E-state index contributed by atoms with van der Waals surface area (Å²) in [6, 6.07) is 18.5. The first-order valence-corrected chi connectivity index (χ1v) is 12.9. The number of aromatic nitrogens is 3. The van der Waals surface area contributed by atoms with Gasteiger partial charge in [0.15, 0.2) is 5.16 Å². The van der Waals surface area contributed by atoms with Crippen molar-refractivity contribution in [2.75, 3.05) is 6.54 Å². The van der Waals surface area contributed by atoms with E-state index in [0.29, 0.717) is 31.8 Å². The number of ether oxygens (including phenoxy) is 1. The fourth-order valence-corrected chi connectivity index (χ4v) is 5.29. The Morgan fingerprint density at radius 3 is 2.38 bits per heavy atom. The van der Waals surface area contributed by atoms with E-state index in [4.69, 9.17) is 16.3 Å². The zero-order valence-electron chi connectivity index (χ0n) is 19.3. The van der Waals surface area contributed by atoms with Crippen LogP contribution >= 0.6 is 39.3 Å². The summed E-state index contributed by atoms with van der Waals surface area (Å²) in [6.07, 6.45) is 0. The Morgan fingerprint density at radius 2 is 1.76 bits per heavy atom. The molecule has 0 fully saturated rings. The third-order valence-electron chi connectivity index (χ3n) is 5.31. The smallest absolute Gasteiger partial charge is 0.269 e. The van der Waals surface area contributed by atoms with Crippen LogP contribution in [0, 0.1) is 27.2 Å². The Labute approximate surface area is 229 Å². The third kappa shape index (κ3) is 6.64. The van der Waals surface area contributed by atoms with E-state index >= 15 is 0 Å². The van der Waals surface area contributed by atoms with Crippen LogP contribution in [0.1, 0.15) is 22.2 Å². The quantitative estimate of drug-likeness (QED) is 0.113. The highest BCUT2D eigenvalue weighted by Gasteiger charge is 2.24. The van der Waals surface area contributed by atoms with Crippen LogP contribution in [0.3, 0.4) is 0 Å². The van der Waals surface area contributed by atoms with Crippen molar-refractivity contribution in [1.29, 1.82) is 0 Å². The van der Waals surface area contributed by atoms with Crippen LogP contribution in [0.5, 0.6) is 5.75 Å². The number of nitrogens with zero attached hydrogens (tertiary/aromatic N) is 5. The van der Waals surface area contributed by atoms with Gasteiger partial charge in [-0.2, -0.15) is 0 Å². The van der Waals surface area contributed by atoms with Gasteiger partial charge in [0.2, 0.25) is 6.54 Å². The van der Waals surface area contributed by atoms with Gasteiger partial charge in [0.25, 0.3) is 5.69 Å². The predicted octanol–water partition coefficient (Wildman–Crippen LogP) is 6.59. The lowest BCUT2D eigenvalue weighted by Gasteiger charge is -2.16. The number of rotatable bonds is 10. The van der Waals surface area contributed by atoms with Crippen molar-refractivity contribution in [2.24, 2.45) is 0 Å². The Morgan fingerprint density at radius 1 is 1.05 bits per heavy atom. The molecule has 0 saturated heterocycles. The molecule has 0 aliphatic rings. The molecule has 0 N–H and O–H groups in total. The number of hydrogen-bond acceptors (Lipinski definition) is 8. The van der Waals surface area contributed by atoms with Crippen LogP contribution in [-0.2, 0) is 6.61 Å². The molecule has 0 aliphatic carbocycles. The zero-order chi connectivity index (χ0) is 26.5. The van der Waals surface area contributed by atoms with Crippen LogP contribution < -0.4 is 4.74 Å². The molecule has 0 saturated carbocycles. The lowest BCUT2D eigenvalue weighted by molar-refractivity contribution is -0.479. The molecule has 1 aromatic heterocycles. The van der Waals surface area contributed by atoms with Gasteiger partial charge < -0.3 is 4.74 Å². The number of hydrogen-bond donors (Lipinski definition) is 0. The van der Waals surface area contributed by atoms with Crippen molar-refractivity contribution in [2.45, 2.75) is 23.9 Å². The summed E-state index contributed by atoms with van der Waals surface area (Å²) in [5.74, 6) is 1.17. The van der Waals surface area contributed by atoms with E-state index in [9.17, 15) is 20.2 Å².